The van der Waals surface area contributed by atoms with E-state index < -0.39 is 0 Å². The van der Waals surface area contributed by atoms with E-state index in [0.717, 1.165) is 19.6 Å². The third-order valence-corrected chi connectivity index (χ3v) is 1.55. The topological polar surface area (TPSA) is 27.3 Å². The summed E-state index contributed by atoms with van der Waals surface area (Å²) in [6.45, 7) is 9.72. The van der Waals surface area contributed by atoms with Crippen LogP contribution in [0.25, 0.3) is 0 Å². The Morgan fingerprint density at radius 2 is 1.33 bits per heavy atom. The smallest absolute Gasteiger partial charge is 0.0285 e. The maximum Gasteiger partial charge on any atom is 0.0285 e. The van der Waals surface area contributed by atoms with Gasteiger partial charge in [-0.05, 0) is 19.3 Å². The number of hydrogen-bond donors (Lipinski definition) is 2. The van der Waals surface area contributed by atoms with E-state index >= 15 is 0 Å². The summed E-state index contributed by atoms with van der Waals surface area (Å²) in [5, 5.41) is 2.10. The summed E-state index contributed by atoms with van der Waals surface area (Å²) in [5.41, 5.74) is 6.65. The molecule has 0 aromatic rings. The molecule has 2 N–H and O–H groups in total. The van der Waals surface area contributed by atoms with Crippen molar-refractivity contribution in [1.82, 2.24) is 16.0 Å². The molecule has 0 saturated carbocycles. The van der Waals surface area contributed by atoms with Gasteiger partial charge in [-0.25, -0.2) is 10.9 Å². The number of nitrogens with one attached hydrogen (secondary N) is 2. The molecule has 0 aromatic carbocycles. The van der Waals surface area contributed by atoms with Gasteiger partial charge in [-0.3, -0.25) is 0 Å². The minimum absolute atomic E-state index is 1.05. The molecular weight excluding hydrogens is 150 g/mol. The van der Waals surface area contributed by atoms with Crippen LogP contribution in [0.3, 0.4) is 0 Å². The summed E-state index contributed by atoms with van der Waals surface area (Å²) in [5.74, 6) is 0. The summed E-state index contributed by atoms with van der Waals surface area (Å²) in [6, 6.07) is 0. The van der Waals surface area contributed by atoms with Crippen molar-refractivity contribution in [2.45, 2.75) is 40.0 Å². The first-order valence-electron chi connectivity index (χ1n) is 5.09. The molecule has 0 aromatic heterocycles. The van der Waals surface area contributed by atoms with E-state index in [1.807, 2.05) is 0 Å². The van der Waals surface area contributed by atoms with Crippen molar-refractivity contribution in [3.05, 3.63) is 0 Å². The van der Waals surface area contributed by atoms with Crippen molar-refractivity contribution in [1.29, 1.82) is 0 Å². The highest BCUT2D eigenvalue weighted by atomic mass is 15.7. The molecule has 3 nitrogen and oxygen atoms in total. The minimum Gasteiger partial charge on any atom is -0.242 e. The predicted octanol–water partition coefficient (Wildman–Crippen LogP) is 1.53. The molecule has 0 aliphatic heterocycles. The van der Waals surface area contributed by atoms with Gasteiger partial charge in [0.1, 0.15) is 0 Å². The lowest BCUT2D eigenvalue weighted by atomic mass is 10.5. The molecule has 0 bridgehead atoms. The Labute approximate surface area is 76.5 Å². The minimum atomic E-state index is 1.05. The van der Waals surface area contributed by atoms with Crippen LogP contribution in [0.2, 0.25) is 0 Å². The first-order chi connectivity index (χ1) is 5.85. The fourth-order valence-electron chi connectivity index (χ4n) is 0.931. The first-order valence-corrected chi connectivity index (χ1v) is 5.09. The standard InChI is InChI=1S/C9H23N3/c1-4-7-10-12(9-6-3)11-8-5-2/h10-11H,4-9H2,1-3H3. The second-order valence-corrected chi connectivity index (χ2v) is 2.97. The van der Waals surface area contributed by atoms with E-state index in [0.29, 0.717) is 0 Å². The second-order valence-electron chi connectivity index (χ2n) is 2.97. The van der Waals surface area contributed by atoms with Crippen LogP contribution in [-0.2, 0) is 0 Å². The summed E-state index contributed by atoms with van der Waals surface area (Å²) in [7, 11) is 0. The van der Waals surface area contributed by atoms with Crippen molar-refractivity contribution in [3.63, 3.8) is 0 Å². The summed E-state index contributed by atoms with van der Waals surface area (Å²) in [6.07, 6.45) is 3.52. The van der Waals surface area contributed by atoms with Gasteiger partial charge in [-0.1, -0.05) is 20.8 Å². The van der Waals surface area contributed by atoms with Crippen LogP contribution in [-0.4, -0.2) is 24.8 Å². The maximum absolute atomic E-state index is 3.33. The van der Waals surface area contributed by atoms with Crippen LogP contribution in [0.1, 0.15) is 40.0 Å². The summed E-state index contributed by atoms with van der Waals surface area (Å²) < 4.78 is 0. The van der Waals surface area contributed by atoms with Crippen molar-refractivity contribution < 1.29 is 0 Å². The fraction of sp³-hybridized carbons (Fsp3) is 1.00. The molecule has 0 aliphatic carbocycles. The second kappa shape index (κ2) is 8.97. The van der Waals surface area contributed by atoms with Gasteiger partial charge in [-0.15, -0.1) is 0 Å². The summed E-state index contributed by atoms with van der Waals surface area (Å²) in [4.78, 5) is 0. The van der Waals surface area contributed by atoms with E-state index in [1.54, 1.807) is 0 Å². The Bertz CT molecular complexity index is 77.8. The lowest BCUT2D eigenvalue weighted by Crippen LogP contribution is -2.48. The largest absolute Gasteiger partial charge is 0.242 e. The molecule has 0 heterocycles. The summed E-state index contributed by atoms with van der Waals surface area (Å²) >= 11 is 0. The highest BCUT2D eigenvalue weighted by Gasteiger charge is 1.98. The lowest BCUT2D eigenvalue weighted by Gasteiger charge is -2.23. The highest BCUT2D eigenvalue weighted by molar-refractivity contribution is 4.45. The molecule has 3 heteroatoms. The van der Waals surface area contributed by atoms with Gasteiger partial charge in [0.15, 0.2) is 0 Å². The van der Waals surface area contributed by atoms with Crippen LogP contribution < -0.4 is 10.9 Å². The van der Waals surface area contributed by atoms with Gasteiger partial charge < -0.3 is 0 Å². The molecule has 12 heavy (non-hydrogen) atoms. The van der Waals surface area contributed by atoms with Crippen LogP contribution in [0.4, 0.5) is 0 Å². The Hall–Kier alpha value is -0.120. The third kappa shape index (κ3) is 6.58. The Kier molecular flexibility index (Phi) is 8.88. The van der Waals surface area contributed by atoms with Gasteiger partial charge >= 0.3 is 0 Å². The van der Waals surface area contributed by atoms with E-state index in [9.17, 15) is 0 Å². The van der Waals surface area contributed by atoms with Gasteiger partial charge in [0, 0.05) is 19.6 Å². The zero-order valence-electron chi connectivity index (χ0n) is 8.69. The lowest BCUT2D eigenvalue weighted by molar-refractivity contribution is 0.114. The maximum atomic E-state index is 3.33. The Morgan fingerprint density at radius 1 is 0.833 bits per heavy atom. The quantitative estimate of drug-likeness (QED) is 0.545. The molecule has 0 saturated heterocycles. The van der Waals surface area contributed by atoms with E-state index in [4.69, 9.17) is 0 Å². The normalized spacial score (nSPS) is 11.0. The average molecular weight is 173 g/mol. The predicted molar refractivity (Wildman–Crippen MR) is 53.6 cm³/mol. The SMILES string of the molecule is CCCNN(CCC)NCCC. The monoisotopic (exact) mass is 173 g/mol. The van der Waals surface area contributed by atoms with Crippen molar-refractivity contribution in [2.75, 3.05) is 19.6 Å². The van der Waals surface area contributed by atoms with Gasteiger partial charge in [0.25, 0.3) is 0 Å². The van der Waals surface area contributed by atoms with Gasteiger partial charge in [0.2, 0.25) is 0 Å². The van der Waals surface area contributed by atoms with E-state index in [2.05, 4.69) is 36.7 Å². The zero-order chi connectivity index (χ0) is 9.23. The number of hydrazine groups is 2. The average Bonchev–Trinajstić information content (AvgIpc) is 2.10. The van der Waals surface area contributed by atoms with E-state index in [-0.39, 0.29) is 0 Å². The Morgan fingerprint density at radius 3 is 1.67 bits per heavy atom. The highest BCUT2D eigenvalue weighted by Crippen LogP contribution is 1.83. The van der Waals surface area contributed by atoms with Crippen LogP contribution in [0.15, 0.2) is 0 Å². The zero-order valence-corrected chi connectivity index (χ0v) is 8.69. The van der Waals surface area contributed by atoms with Crippen molar-refractivity contribution >= 4 is 0 Å². The number of rotatable bonds is 8. The molecule has 0 rings (SSSR count). The molecule has 0 aliphatic rings. The molecule has 0 fully saturated rings. The molecule has 0 amide bonds. The van der Waals surface area contributed by atoms with Gasteiger partial charge in [0.05, 0.1) is 0 Å². The van der Waals surface area contributed by atoms with Crippen LogP contribution in [0, 0.1) is 0 Å². The Balaban J connectivity index is 3.40. The number of nitrogens with zero attached hydrogens (tertiary/aromatic N) is 1. The fourth-order valence-corrected chi connectivity index (χ4v) is 0.931. The number of hydrogen-bond acceptors (Lipinski definition) is 3. The first kappa shape index (κ1) is 11.9. The molecular formula is C9H23N3. The molecule has 74 valence electrons. The molecule has 0 atom stereocenters. The molecule has 0 unspecified atom stereocenters. The van der Waals surface area contributed by atoms with Crippen molar-refractivity contribution in [2.24, 2.45) is 0 Å². The third-order valence-electron chi connectivity index (χ3n) is 1.55. The van der Waals surface area contributed by atoms with E-state index in [1.165, 1.54) is 19.3 Å². The van der Waals surface area contributed by atoms with Gasteiger partial charge in [-0.2, -0.15) is 5.12 Å². The van der Waals surface area contributed by atoms with Crippen LogP contribution in [0.5, 0.6) is 0 Å². The molecule has 0 spiro atoms. The van der Waals surface area contributed by atoms with Crippen molar-refractivity contribution in [3.8, 4) is 0 Å². The van der Waals surface area contributed by atoms with Crippen LogP contribution >= 0.6 is 0 Å². The molecule has 0 radical (unpaired) electrons.